The van der Waals surface area contributed by atoms with Gasteiger partial charge in [-0.1, -0.05) is 11.6 Å². The molecule has 2 fully saturated rings. The monoisotopic (exact) mass is 308 g/mol. The average molecular weight is 308 g/mol. The van der Waals surface area contributed by atoms with E-state index in [0.717, 1.165) is 36.7 Å². The lowest BCUT2D eigenvalue weighted by Crippen LogP contribution is -2.43. The summed E-state index contributed by atoms with van der Waals surface area (Å²) in [6.07, 6.45) is 6.58. The average Bonchev–Trinajstić information content (AvgIpc) is 2.96. The molecule has 0 radical (unpaired) electrons. The molecule has 0 spiro atoms. The fourth-order valence-electron chi connectivity index (χ4n) is 4.14. The van der Waals surface area contributed by atoms with Crippen molar-refractivity contribution in [2.24, 2.45) is 11.8 Å². The second-order valence-corrected chi connectivity index (χ2v) is 8.62. The van der Waals surface area contributed by atoms with Crippen molar-refractivity contribution < 1.29 is 18.8 Å². The van der Waals surface area contributed by atoms with Gasteiger partial charge in [0.15, 0.2) is 0 Å². The number of nitrogens with zero attached hydrogens (tertiary/aromatic N) is 1. The summed E-state index contributed by atoms with van der Waals surface area (Å²) in [6, 6.07) is 0. The van der Waals surface area contributed by atoms with Crippen molar-refractivity contribution in [3.8, 4) is 0 Å². The molecule has 0 bridgehead atoms. The van der Waals surface area contributed by atoms with Gasteiger partial charge >= 0.3 is 5.97 Å². The number of rotatable bonds is 2. The molecule has 3 aliphatic rings. The molecule has 0 saturated carbocycles. The number of epoxide rings is 1. The van der Waals surface area contributed by atoms with E-state index in [1.165, 1.54) is 5.57 Å². The Labute approximate surface area is 134 Å². The van der Waals surface area contributed by atoms with Crippen molar-refractivity contribution in [2.45, 2.75) is 57.3 Å². The van der Waals surface area contributed by atoms with E-state index in [2.05, 4.69) is 41.1 Å². The summed E-state index contributed by atoms with van der Waals surface area (Å²) >= 11 is 0. The van der Waals surface area contributed by atoms with E-state index in [1.54, 1.807) is 0 Å². The highest BCUT2D eigenvalue weighted by Gasteiger charge is 2.63. The minimum Gasteiger partial charge on any atom is -0.459 e. The lowest BCUT2D eigenvalue weighted by molar-refractivity contribution is -0.873. The molecule has 2 saturated heterocycles. The second-order valence-electron chi connectivity index (χ2n) is 8.62. The van der Waals surface area contributed by atoms with E-state index < -0.39 is 0 Å². The van der Waals surface area contributed by atoms with Crippen LogP contribution in [0.25, 0.3) is 0 Å². The topological polar surface area (TPSA) is 38.8 Å². The molecule has 4 heteroatoms. The van der Waals surface area contributed by atoms with Crippen LogP contribution in [0, 0.1) is 11.8 Å². The number of quaternary nitrogens is 1. The molecular formula is C18H30NO3+. The van der Waals surface area contributed by atoms with Gasteiger partial charge in [-0.3, -0.25) is 4.79 Å². The lowest BCUT2D eigenvalue weighted by atomic mass is 9.80. The first-order chi connectivity index (χ1) is 10.2. The van der Waals surface area contributed by atoms with Crippen LogP contribution in [0.2, 0.25) is 0 Å². The standard InChI is InChI=1S/C18H30NO3/c1-12-7-6-10-18(2)16(22-18)15-13(9-8-12)14(17(20)21-15)11-19(3,4)5/h7,13-16H,6,8-11H2,1-5H3/q+1/b12-7+/t13-,14-,15-,16-,18+/m0/s1. The predicted octanol–water partition coefficient (Wildman–Crippen LogP) is 2.53. The molecule has 5 atom stereocenters. The van der Waals surface area contributed by atoms with E-state index in [-0.39, 0.29) is 35.6 Å². The fraction of sp³-hybridized carbons (Fsp3) is 0.833. The van der Waals surface area contributed by atoms with E-state index >= 15 is 0 Å². The highest BCUT2D eigenvalue weighted by Crippen LogP contribution is 2.50. The zero-order valence-electron chi connectivity index (χ0n) is 14.6. The first-order valence-corrected chi connectivity index (χ1v) is 8.54. The summed E-state index contributed by atoms with van der Waals surface area (Å²) in [5, 5.41) is 0. The molecule has 1 aliphatic carbocycles. The minimum atomic E-state index is -0.0944. The van der Waals surface area contributed by atoms with E-state index in [0.29, 0.717) is 0 Å². The number of ether oxygens (including phenoxy) is 2. The third-order valence-electron chi connectivity index (χ3n) is 5.48. The summed E-state index contributed by atoms with van der Waals surface area (Å²) in [7, 11) is 6.43. The van der Waals surface area contributed by atoms with Crippen molar-refractivity contribution in [3.05, 3.63) is 11.6 Å². The van der Waals surface area contributed by atoms with Crippen LogP contribution in [0.3, 0.4) is 0 Å². The van der Waals surface area contributed by atoms with Gasteiger partial charge in [0.25, 0.3) is 0 Å². The van der Waals surface area contributed by atoms with E-state index in [4.69, 9.17) is 9.47 Å². The molecule has 0 amide bonds. The zero-order chi connectivity index (χ0) is 16.1. The van der Waals surface area contributed by atoms with Crippen LogP contribution in [0.4, 0.5) is 0 Å². The van der Waals surface area contributed by atoms with Crippen LogP contribution >= 0.6 is 0 Å². The van der Waals surface area contributed by atoms with Crippen LogP contribution in [0.1, 0.15) is 39.5 Å². The van der Waals surface area contributed by atoms with Gasteiger partial charge < -0.3 is 14.0 Å². The Kier molecular flexibility index (Phi) is 3.89. The van der Waals surface area contributed by atoms with Gasteiger partial charge in [0.05, 0.1) is 33.3 Å². The highest BCUT2D eigenvalue weighted by molar-refractivity contribution is 5.75. The van der Waals surface area contributed by atoms with Crippen molar-refractivity contribution in [1.82, 2.24) is 0 Å². The van der Waals surface area contributed by atoms with Crippen molar-refractivity contribution in [1.29, 1.82) is 0 Å². The Hall–Kier alpha value is -0.870. The number of carbonyl (C=O) groups excluding carboxylic acids is 1. The molecule has 0 aromatic carbocycles. The van der Waals surface area contributed by atoms with Gasteiger partial charge in [-0.05, 0) is 39.5 Å². The van der Waals surface area contributed by atoms with Crippen molar-refractivity contribution in [3.63, 3.8) is 0 Å². The maximum absolute atomic E-state index is 12.5. The van der Waals surface area contributed by atoms with Crippen LogP contribution in [-0.2, 0) is 14.3 Å². The van der Waals surface area contributed by atoms with Crippen LogP contribution < -0.4 is 0 Å². The molecule has 0 unspecified atom stereocenters. The summed E-state index contributed by atoms with van der Waals surface area (Å²) in [6.45, 7) is 5.21. The Morgan fingerprint density at radius 3 is 2.77 bits per heavy atom. The first-order valence-electron chi connectivity index (χ1n) is 8.54. The molecule has 124 valence electrons. The lowest BCUT2D eigenvalue weighted by Gasteiger charge is -2.29. The second kappa shape index (κ2) is 5.34. The number of hydrogen-bond acceptors (Lipinski definition) is 3. The number of esters is 1. The maximum Gasteiger partial charge on any atom is 0.315 e. The Morgan fingerprint density at radius 1 is 1.36 bits per heavy atom. The van der Waals surface area contributed by atoms with Gasteiger partial charge in [-0.2, -0.15) is 0 Å². The van der Waals surface area contributed by atoms with E-state index in [1.807, 2.05) is 0 Å². The summed E-state index contributed by atoms with van der Waals surface area (Å²) in [4.78, 5) is 12.5. The Morgan fingerprint density at radius 2 is 2.09 bits per heavy atom. The molecule has 0 N–H and O–H groups in total. The van der Waals surface area contributed by atoms with Gasteiger partial charge in [0, 0.05) is 5.92 Å². The van der Waals surface area contributed by atoms with Gasteiger partial charge in [0.1, 0.15) is 18.1 Å². The zero-order valence-corrected chi connectivity index (χ0v) is 14.6. The molecule has 22 heavy (non-hydrogen) atoms. The van der Waals surface area contributed by atoms with Gasteiger partial charge in [-0.25, -0.2) is 0 Å². The van der Waals surface area contributed by atoms with Crippen molar-refractivity contribution >= 4 is 5.97 Å². The van der Waals surface area contributed by atoms with Crippen LogP contribution in [-0.4, -0.2) is 55.9 Å². The van der Waals surface area contributed by atoms with E-state index in [9.17, 15) is 4.79 Å². The van der Waals surface area contributed by atoms with Gasteiger partial charge in [0.2, 0.25) is 0 Å². The number of fused-ring (bicyclic) bond motifs is 3. The molecule has 2 heterocycles. The Bertz CT molecular complexity index is 493. The van der Waals surface area contributed by atoms with Crippen LogP contribution in [0.5, 0.6) is 0 Å². The summed E-state index contributed by atoms with van der Waals surface area (Å²) in [5.41, 5.74) is 1.34. The molecule has 0 aromatic rings. The number of allylic oxidation sites excluding steroid dienone is 2. The van der Waals surface area contributed by atoms with Crippen LogP contribution in [0.15, 0.2) is 11.6 Å². The normalized spacial score (nSPS) is 44.4. The SMILES string of the molecule is C/C1=C\CC[C@@]2(C)O[C@H]2[C@H]2OC(=O)[C@@H](C[N+](C)(C)C)[C@@H]2CC1. The molecular weight excluding hydrogens is 278 g/mol. The summed E-state index contributed by atoms with van der Waals surface area (Å²) < 4.78 is 12.6. The fourth-order valence-corrected chi connectivity index (χ4v) is 4.14. The molecule has 4 nitrogen and oxygen atoms in total. The third kappa shape index (κ3) is 3.09. The predicted molar refractivity (Wildman–Crippen MR) is 85.3 cm³/mol. The smallest absolute Gasteiger partial charge is 0.315 e. The largest absolute Gasteiger partial charge is 0.459 e. The molecule has 2 aliphatic heterocycles. The maximum atomic E-state index is 12.5. The number of hydrogen-bond donors (Lipinski definition) is 0. The summed E-state index contributed by atoms with van der Waals surface area (Å²) in [5.74, 6) is 0.283. The Balaban J connectivity index is 1.84. The molecule has 3 rings (SSSR count). The quantitative estimate of drug-likeness (QED) is 0.340. The van der Waals surface area contributed by atoms with Gasteiger partial charge in [-0.15, -0.1) is 0 Å². The molecule has 0 aromatic heterocycles. The minimum absolute atomic E-state index is 0.00526. The van der Waals surface area contributed by atoms with Crippen molar-refractivity contribution in [2.75, 3.05) is 27.7 Å². The number of carbonyl (C=O) groups is 1. The highest BCUT2D eigenvalue weighted by atomic mass is 16.6. The third-order valence-corrected chi connectivity index (χ3v) is 5.48. The first kappa shape index (κ1) is 16.0.